The van der Waals surface area contributed by atoms with Crippen LogP contribution in [0.2, 0.25) is 0 Å². The Bertz CT molecular complexity index is 1170. The summed E-state index contributed by atoms with van der Waals surface area (Å²) in [7, 11) is 0. The van der Waals surface area contributed by atoms with Gasteiger partial charge in [-0.3, -0.25) is 0 Å². The fourth-order valence-corrected chi connectivity index (χ4v) is 5.89. The molecule has 158 valence electrons. The highest BCUT2D eigenvalue weighted by atomic mass is 15.1. The molecule has 1 saturated carbocycles. The third kappa shape index (κ3) is 3.42. The lowest BCUT2D eigenvalue weighted by Gasteiger charge is -2.30. The highest BCUT2D eigenvalue weighted by molar-refractivity contribution is 5.88. The Morgan fingerprint density at radius 3 is 1.81 bits per heavy atom. The summed E-state index contributed by atoms with van der Waals surface area (Å²) < 4.78 is 0. The average Bonchev–Trinajstić information content (AvgIpc) is 3.21. The van der Waals surface area contributed by atoms with Crippen LogP contribution in [0.25, 0.3) is 11.1 Å². The van der Waals surface area contributed by atoms with E-state index in [9.17, 15) is 0 Å². The lowest BCUT2D eigenvalue weighted by molar-refractivity contribution is 0.527. The van der Waals surface area contributed by atoms with Crippen LogP contribution in [-0.4, -0.2) is 0 Å². The van der Waals surface area contributed by atoms with Gasteiger partial charge < -0.3 is 4.90 Å². The molecule has 0 heterocycles. The van der Waals surface area contributed by atoms with Gasteiger partial charge in [-0.25, -0.2) is 0 Å². The molecule has 4 aromatic rings. The molecule has 32 heavy (non-hydrogen) atoms. The van der Waals surface area contributed by atoms with Crippen molar-refractivity contribution in [2.75, 3.05) is 4.90 Å². The lowest BCUT2D eigenvalue weighted by atomic mass is 9.77. The van der Waals surface area contributed by atoms with E-state index < -0.39 is 0 Å². The lowest BCUT2D eigenvalue weighted by Crippen LogP contribution is -2.12. The largest absolute Gasteiger partial charge is 0.310 e. The van der Waals surface area contributed by atoms with Crippen molar-refractivity contribution in [2.24, 2.45) is 0 Å². The number of hydrogen-bond acceptors (Lipinski definition) is 1. The average molecular weight is 416 g/mol. The van der Waals surface area contributed by atoms with E-state index >= 15 is 0 Å². The van der Waals surface area contributed by atoms with E-state index in [1.54, 1.807) is 11.1 Å². The van der Waals surface area contributed by atoms with Gasteiger partial charge in [-0.15, -0.1) is 0 Å². The van der Waals surface area contributed by atoms with Crippen LogP contribution in [0.3, 0.4) is 0 Å². The van der Waals surface area contributed by atoms with Crippen molar-refractivity contribution in [3.8, 4) is 11.1 Å². The van der Waals surface area contributed by atoms with Gasteiger partial charge in [-0.1, -0.05) is 79.2 Å². The summed E-state index contributed by atoms with van der Waals surface area (Å²) in [6.07, 6.45) is 6.85. The van der Waals surface area contributed by atoms with Crippen LogP contribution < -0.4 is 4.90 Å². The van der Waals surface area contributed by atoms with E-state index in [4.69, 9.17) is 0 Å². The van der Waals surface area contributed by atoms with E-state index in [-0.39, 0.29) is 0 Å². The molecule has 0 amide bonds. The highest BCUT2D eigenvalue weighted by Gasteiger charge is 2.30. The van der Waals surface area contributed by atoms with Gasteiger partial charge in [0.05, 0.1) is 5.69 Å². The summed E-state index contributed by atoms with van der Waals surface area (Å²) in [6.45, 7) is 0. The molecule has 0 spiro atoms. The molecule has 1 fully saturated rings. The Kier molecular flexibility index (Phi) is 5.03. The van der Waals surface area contributed by atoms with E-state index in [0.29, 0.717) is 0 Å². The topological polar surface area (TPSA) is 3.24 Å². The van der Waals surface area contributed by atoms with Crippen molar-refractivity contribution >= 4 is 17.1 Å². The molecule has 2 bridgehead atoms. The molecule has 4 aromatic carbocycles. The van der Waals surface area contributed by atoms with Gasteiger partial charge in [0, 0.05) is 16.9 Å². The third-order valence-corrected chi connectivity index (χ3v) is 7.42. The van der Waals surface area contributed by atoms with Crippen LogP contribution in [-0.2, 0) is 0 Å². The number of fused-ring (bicyclic) bond motifs is 3. The Morgan fingerprint density at radius 1 is 0.531 bits per heavy atom. The van der Waals surface area contributed by atoms with Crippen LogP contribution in [0.4, 0.5) is 17.1 Å². The minimum Gasteiger partial charge on any atom is -0.310 e. The molecule has 0 N–H and O–H groups in total. The first-order chi connectivity index (χ1) is 15.9. The highest BCUT2D eigenvalue weighted by Crippen LogP contribution is 2.49. The van der Waals surface area contributed by atoms with Crippen molar-refractivity contribution in [3.63, 3.8) is 0 Å². The van der Waals surface area contributed by atoms with Gasteiger partial charge in [0.1, 0.15) is 0 Å². The number of hydrogen-bond donors (Lipinski definition) is 0. The minimum absolute atomic E-state index is 0.746. The van der Waals surface area contributed by atoms with E-state index in [2.05, 4.69) is 108 Å². The molecule has 0 aromatic heterocycles. The fraction of sp³-hybridized carbons (Fsp3) is 0.226. The smallest absolute Gasteiger partial charge is 0.0540 e. The molecule has 1 heteroatoms. The Hall–Kier alpha value is -3.32. The standard InChI is InChI=1S/C31H29N/c1-3-12-26(13-4-1)32(27-14-5-2-6-15-27)31-17-8-7-16-29(31)25-20-21-28-23-10-9-11-24(19-18-23)30(28)22-25/h1-8,12-17,20-24H,9-11,18-19H2. The maximum atomic E-state index is 2.52. The number of rotatable bonds is 4. The zero-order chi connectivity index (χ0) is 21.3. The van der Waals surface area contributed by atoms with Crippen molar-refractivity contribution in [1.82, 2.24) is 0 Å². The van der Waals surface area contributed by atoms with Crippen molar-refractivity contribution in [1.29, 1.82) is 0 Å². The molecule has 7 rings (SSSR count). The first kappa shape index (κ1) is 19.4. The Morgan fingerprint density at radius 2 is 1.12 bits per heavy atom. The second-order valence-electron chi connectivity index (χ2n) is 9.27. The van der Waals surface area contributed by atoms with Gasteiger partial charge in [0.2, 0.25) is 0 Å². The molecule has 3 aliphatic carbocycles. The minimum atomic E-state index is 0.746. The zero-order valence-corrected chi connectivity index (χ0v) is 18.5. The summed E-state index contributed by atoms with van der Waals surface area (Å²) >= 11 is 0. The van der Waals surface area contributed by atoms with Crippen molar-refractivity contribution in [2.45, 2.75) is 43.9 Å². The zero-order valence-electron chi connectivity index (χ0n) is 18.5. The predicted molar refractivity (Wildman–Crippen MR) is 135 cm³/mol. The summed E-state index contributed by atoms with van der Waals surface area (Å²) in [4.78, 5) is 2.38. The summed E-state index contributed by atoms with van der Waals surface area (Å²) in [5, 5.41) is 0. The van der Waals surface area contributed by atoms with Crippen LogP contribution in [0.15, 0.2) is 103 Å². The van der Waals surface area contributed by atoms with Gasteiger partial charge in [0.15, 0.2) is 0 Å². The molecule has 2 atom stereocenters. The molecule has 0 radical (unpaired) electrons. The van der Waals surface area contributed by atoms with Crippen molar-refractivity contribution < 1.29 is 0 Å². The van der Waals surface area contributed by atoms with Gasteiger partial charge >= 0.3 is 0 Å². The van der Waals surface area contributed by atoms with Crippen molar-refractivity contribution in [3.05, 3.63) is 114 Å². The number of nitrogens with zero attached hydrogens (tertiary/aromatic N) is 1. The second-order valence-corrected chi connectivity index (χ2v) is 9.27. The molecular formula is C31H29N. The van der Waals surface area contributed by atoms with Crippen LogP contribution >= 0.6 is 0 Å². The third-order valence-electron chi connectivity index (χ3n) is 7.42. The first-order valence-electron chi connectivity index (χ1n) is 12.0. The summed E-state index contributed by atoms with van der Waals surface area (Å²) in [6, 6.07) is 37.6. The predicted octanol–water partition coefficient (Wildman–Crippen LogP) is 8.97. The molecule has 0 aliphatic heterocycles. The SMILES string of the molecule is c1ccc(N(c2ccccc2)c2ccccc2-c2ccc3c(c2)C2CCCC3CC2)cc1. The second kappa shape index (κ2) is 8.31. The Labute approximate surface area is 191 Å². The van der Waals surface area contributed by atoms with Crippen LogP contribution in [0, 0.1) is 0 Å². The number of benzene rings is 4. The molecule has 1 nitrogen and oxygen atoms in total. The first-order valence-corrected chi connectivity index (χ1v) is 12.0. The molecule has 3 aliphatic rings. The number of anilines is 3. The molecule has 2 unspecified atom stereocenters. The molecular weight excluding hydrogens is 386 g/mol. The molecule has 0 saturated heterocycles. The summed E-state index contributed by atoms with van der Waals surface area (Å²) in [5.41, 5.74) is 9.47. The maximum absolute atomic E-state index is 2.52. The quantitative estimate of drug-likeness (QED) is 0.321. The van der Waals surface area contributed by atoms with Crippen LogP contribution in [0.1, 0.15) is 55.1 Å². The normalized spacial score (nSPS) is 19.2. The summed E-state index contributed by atoms with van der Waals surface area (Å²) in [5.74, 6) is 1.52. The van der Waals surface area contributed by atoms with Gasteiger partial charge in [-0.2, -0.15) is 0 Å². The van der Waals surface area contributed by atoms with Gasteiger partial charge in [-0.05, 0) is 84.5 Å². The monoisotopic (exact) mass is 415 g/mol. The van der Waals surface area contributed by atoms with E-state index in [0.717, 1.165) is 11.8 Å². The maximum Gasteiger partial charge on any atom is 0.0540 e. The number of para-hydroxylation sites is 3. The fourth-order valence-electron chi connectivity index (χ4n) is 5.89. The Balaban J connectivity index is 1.51. The van der Waals surface area contributed by atoms with E-state index in [1.807, 2.05) is 0 Å². The van der Waals surface area contributed by atoms with Gasteiger partial charge in [0.25, 0.3) is 0 Å². The van der Waals surface area contributed by atoms with Crippen LogP contribution in [0.5, 0.6) is 0 Å². The van der Waals surface area contributed by atoms with E-state index in [1.165, 1.54) is 60.3 Å².